The van der Waals surface area contributed by atoms with Crippen molar-refractivity contribution in [3.8, 4) is 6.07 Å². The Hall–Kier alpha value is -1.93. The molecule has 0 saturated carbocycles. The fourth-order valence-electron chi connectivity index (χ4n) is 1.49. The summed E-state index contributed by atoms with van der Waals surface area (Å²) in [5, 5.41) is 12.7. The van der Waals surface area contributed by atoms with Crippen molar-refractivity contribution in [2.24, 2.45) is 0 Å². The number of aryl methyl sites for hydroxylation is 2. The van der Waals surface area contributed by atoms with Crippen LogP contribution in [0.3, 0.4) is 0 Å². The SMILES string of the molecule is CCc1nc(Nc2cccc(C#N)n2)sc1C. The van der Waals surface area contributed by atoms with Crippen LogP contribution in [0.5, 0.6) is 0 Å². The lowest BCUT2D eigenvalue weighted by molar-refractivity contribution is 1.04. The maximum atomic E-state index is 8.76. The number of nitrogens with zero attached hydrogens (tertiary/aromatic N) is 3. The molecule has 4 nitrogen and oxygen atoms in total. The maximum Gasteiger partial charge on any atom is 0.188 e. The molecule has 0 aliphatic rings. The quantitative estimate of drug-likeness (QED) is 0.901. The first kappa shape index (κ1) is 11.6. The van der Waals surface area contributed by atoms with Crippen molar-refractivity contribution in [3.63, 3.8) is 0 Å². The van der Waals surface area contributed by atoms with Gasteiger partial charge in [0, 0.05) is 4.88 Å². The minimum absolute atomic E-state index is 0.402. The van der Waals surface area contributed by atoms with Crippen molar-refractivity contribution >= 4 is 22.3 Å². The first-order valence-electron chi connectivity index (χ1n) is 5.33. The third-order valence-corrected chi connectivity index (χ3v) is 3.25. The molecular weight excluding hydrogens is 232 g/mol. The van der Waals surface area contributed by atoms with Crippen LogP contribution in [0.4, 0.5) is 10.9 Å². The molecule has 2 heterocycles. The van der Waals surface area contributed by atoms with Crippen LogP contribution in [0.15, 0.2) is 18.2 Å². The van der Waals surface area contributed by atoms with Gasteiger partial charge < -0.3 is 5.32 Å². The van der Waals surface area contributed by atoms with Gasteiger partial charge in [0.05, 0.1) is 5.69 Å². The first-order chi connectivity index (χ1) is 8.22. The van der Waals surface area contributed by atoms with Crippen molar-refractivity contribution in [3.05, 3.63) is 34.5 Å². The molecule has 2 rings (SSSR count). The predicted octanol–water partition coefficient (Wildman–Crippen LogP) is 3.02. The molecule has 0 radical (unpaired) electrons. The van der Waals surface area contributed by atoms with E-state index < -0.39 is 0 Å². The zero-order valence-electron chi connectivity index (χ0n) is 9.69. The van der Waals surface area contributed by atoms with Crippen LogP contribution in [0.25, 0.3) is 0 Å². The van der Waals surface area contributed by atoms with Gasteiger partial charge in [0.15, 0.2) is 5.13 Å². The fraction of sp³-hybridized carbons (Fsp3) is 0.250. The molecule has 0 aliphatic carbocycles. The Morgan fingerprint density at radius 2 is 2.24 bits per heavy atom. The number of rotatable bonds is 3. The molecule has 2 aromatic heterocycles. The van der Waals surface area contributed by atoms with Gasteiger partial charge >= 0.3 is 0 Å². The Labute approximate surface area is 104 Å². The molecule has 0 amide bonds. The molecule has 0 fully saturated rings. The Morgan fingerprint density at radius 3 is 2.88 bits per heavy atom. The van der Waals surface area contributed by atoms with Crippen LogP contribution >= 0.6 is 11.3 Å². The van der Waals surface area contributed by atoms with Gasteiger partial charge in [-0.2, -0.15) is 5.26 Å². The Kier molecular flexibility index (Phi) is 3.35. The number of hydrogen-bond donors (Lipinski definition) is 1. The molecule has 0 unspecified atom stereocenters. The van der Waals surface area contributed by atoms with Crippen LogP contribution in [0.2, 0.25) is 0 Å². The van der Waals surface area contributed by atoms with Crippen LogP contribution in [0, 0.1) is 18.3 Å². The Bertz CT molecular complexity index is 568. The van der Waals surface area contributed by atoms with E-state index in [-0.39, 0.29) is 0 Å². The average Bonchev–Trinajstić information content (AvgIpc) is 2.69. The molecule has 17 heavy (non-hydrogen) atoms. The molecule has 0 saturated heterocycles. The summed E-state index contributed by atoms with van der Waals surface area (Å²) in [5.74, 6) is 0.653. The second-order valence-electron chi connectivity index (χ2n) is 3.52. The molecule has 5 heteroatoms. The molecule has 0 spiro atoms. The van der Waals surface area contributed by atoms with Crippen molar-refractivity contribution in [1.82, 2.24) is 9.97 Å². The highest BCUT2D eigenvalue weighted by Gasteiger charge is 2.06. The number of anilines is 2. The van der Waals surface area contributed by atoms with Crippen molar-refractivity contribution in [1.29, 1.82) is 5.26 Å². The molecule has 0 atom stereocenters. The molecule has 86 valence electrons. The van der Waals surface area contributed by atoms with E-state index in [1.165, 1.54) is 4.88 Å². The fourth-order valence-corrected chi connectivity index (χ4v) is 2.39. The minimum atomic E-state index is 0.402. The van der Waals surface area contributed by atoms with Gasteiger partial charge in [0.1, 0.15) is 17.6 Å². The van der Waals surface area contributed by atoms with Gasteiger partial charge in [-0.1, -0.05) is 13.0 Å². The normalized spacial score (nSPS) is 9.94. The summed E-state index contributed by atoms with van der Waals surface area (Å²) in [6, 6.07) is 7.31. The van der Waals surface area contributed by atoms with Gasteiger partial charge in [-0.15, -0.1) is 11.3 Å². The standard InChI is InChI=1S/C12H12N4S/c1-3-10-8(2)17-12(15-10)16-11-6-4-5-9(7-13)14-11/h4-6H,3H2,1-2H3,(H,14,15,16). The number of hydrogen-bond acceptors (Lipinski definition) is 5. The van der Waals surface area contributed by atoms with Crippen LogP contribution in [-0.4, -0.2) is 9.97 Å². The molecule has 0 bridgehead atoms. The Balaban J connectivity index is 2.22. The highest BCUT2D eigenvalue weighted by Crippen LogP contribution is 2.24. The van der Waals surface area contributed by atoms with E-state index in [0.717, 1.165) is 17.2 Å². The van der Waals surface area contributed by atoms with Crippen molar-refractivity contribution in [2.45, 2.75) is 20.3 Å². The van der Waals surface area contributed by atoms with Crippen LogP contribution in [0.1, 0.15) is 23.2 Å². The van der Waals surface area contributed by atoms with Gasteiger partial charge in [0.25, 0.3) is 0 Å². The number of pyridine rings is 1. The molecule has 0 aliphatic heterocycles. The topological polar surface area (TPSA) is 61.6 Å². The van der Waals surface area contributed by atoms with Crippen LogP contribution < -0.4 is 5.32 Å². The van der Waals surface area contributed by atoms with Gasteiger partial charge in [0.2, 0.25) is 0 Å². The van der Waals surface area contributed by atoms with Crippen molar-refractivity contribution < 1.29 is 0 Å². The van der Waals surface area contributed by atoms with Crippen molar-refractivity contribution in [2.75, 3.05) is 5.32 Å². The summed E-state index contributed by atoms with van der Waals surface area (Å²) in [5.41, 5.74) is 1.51. The first-order valence-corrected chi connectivity index (χ1v) is 6.15. The maximum absolute atomic E-state index is 8.76. The third-order valence-electron chi connectivity index (χ3n) is 2.33. The summed E-state index contributed by atoms with van der Waals surface area (Å²) < 4.78 is 0. The molecule has 2 aromatic rings. The summed E-state index contributed by atoms with van der Waals surface area (Å²) in [6.45, 7) is 4.14. The highest BCUT2D eigenvalue weighted by atomic mass is 32.1. The summed E-state index contributed by atoms with van der Waals surface area (Å²) in [7, 11) is 0. The summed E-state index contributed by atoms with van der Waals surface area (Å²) in [4.78, 5) is 9.82. The molecule has 1 N–H and O–H groups in total. The zero-order valence-corrected chi connectivity index (χ0v) is 10.5. The monoisotopic (exact) mass is 244 g/mol. The Morgan fingerprint density at radius 1 is 1.41 bits per heavy atom. The highest BCUT2D eigenvalue weighted by molar-refractivity contribution is 7.15. The largest absolute Gasteiger partial charge is 0.316 e. The summed E-state index contributed by atoms with van der Waals surface area (Å²) >= 11 is 1.60. The van der Waals surface area contributed by atoms with Gasteiger partial charge in [-0.05, 0) is 25.5 Å². The second kappa shape index (κ2) is 4.93. The number of aromatic nitrogens is 2. The average molecular weight is 244 g/mol. The van der Waals surface area contributed by atoms with Crippen LogP contribution in [-0.2, 0) is 6.42 Å². The third kappa shape index (κ3) is 2.60. The van der Waals surface area contributed by atoms with E-state index in [0.29, 0.717) is 11.5 Å². The predicted molar refractivity (Wildman–Crippen MR) is 68.5 cm³/mol. The van der Waals surface area contributed by atoms with E-state index in [2.05, 4.69) is 29.1 Å². The van der Waals surface area contributed by atoms with Gasteiger partial charge in [-0.25, -0.2) is 9.97 Å². The number of thiazole rings is 1. The lowest BCUT2D eigenvalue weighted by Gasteiger charge is -2.00. The number of nitriles is 1. The summed E-state index contributed by atoms with van der Waals surface area (Å²) in [6.07, 6.45) is 0.926. The van der Waals surface area contributed by atoms with E-state index in [1.807, 2.05) is 12.1 Å². The lowest BCUT2D eigenvalue weighted by Crippen LogP contribution is -1.94. The van der Waals surface area contributed by atoms with E-state index >= 15 is 0 Å². The van der Waals surface area contributed by atoms with E-state index in [1.54, 1.807) is 23.5 Å². The minimum Gasteiger partial charge on any atom is -0.316 e. The lowest BCUT2D eigenvalue weighted by atomic mass is 10.3. The second-order valence-corrected chi connectivity index (χ2v) is 4.72. The number of nitrogens with one attached hydrogen (secondary N) is 1. The van der Waals surface area contributed by atoms with Gasteiger partial charge in [-0.3, -0.25) is 0 Å². The molecule has 0 aromatic carbocycles. The van der Waals surface area contributed by atoms with E-state index in [9.17, 15) is 0 Å². The molecular formula is C12H12N4S. The van der Waals surface area contributed by atoms with E-state index in [4.69, 9.17) is 5.26 Å². The smallest absolute Gasteiger partial charge is 0.188 e. The zero-order chi connectivity index (χ0) is 12.3.